The first-order valence-electron chi connectivity index (χ1n) is 7.57. The number of hydrogen-bond donors (Lipinski definition) is 4. The zero-order valence-electron chi connectivity index (χ0n) is 12.3. The van der Waals surface area contributed by atoms with Crippen LogP contribution in [-0.2, 0) is 0 Å². The zero-order chi connectivity index (χ0) is 15.4. The predicted octanol–water partition coefficient (Wildman–Crippen LogP) is 2.50. The number of imidazole rings is 1. The van der Waals surface area contributed by atoms with Gasteiger partial charge in [0, 0.05) is 6.04 Å². The fourth-order valence-corrected chi connectivity index (χ4v) is 2.99. The van der Waals surface area contributed by atoms with Gasteiger partial charge < -0.3 is 16.0 Å². The Morgan fingerprint density at radius 2 is 2.05 bits per heavy atom. The lowest BCUT2D eigenvalue weighted by molar-refractivity contribution is 0.414. The maximum atomic E-state index is 5.88. The monoisotopic (exact) mass is 316 g/mol. The highest BCUT2D eigenvalue weighted by atomic mass is 32.1. The van der Waals surface area contributed by atoms with Gasteiger partial charge in [0.15, 0.2) is 5.11 Å². The highest BCUT2D eigenvalue weighted by Crippen LogP contribution is 2.17. The predicted molar refractivity (Wildman–Crippen MR) is 93.9 cm³/mol. The standard InChI is InChI=1S/C15H20N6S/c16-13(21-15(22)17-10-6-2-1-3-7-10)20-14-18-11-8-4-5-9-12(11)19-14/h4-5,8-10H,1-3,6-7H2,(H5,16,17,18,19,20,21,22). The number of nitrogens with zero attached hydrogens (tertiary/aromatic N) is 2. The topological polar surface area (TPSA) is 91.1 Å². The van der Waals surface area contributed by atoms with Crippen LogP contribution in [0, 0.1) is 0 Å². The Morgan fingerprint density at radius 3 is 2.82 bits per heavy atom. The van der Waals surface area contributed by atoms with E-state index in [1.54, 1.807) is 0 Å². The number of aliphatic imine (C=N–C) groups is 1. The number of anilines is 1. The second kappa shape index (κ2) is 6.74. The van der Waals surface area contributed by atoms with Crippen LogP contribution in [0.5, 0.6) is 0 Å². The van der Waals surface area contributed by atoms with Gasteiger partial charge in [-0.3, -0.25) is 5.32 Å². The Labute approximate surface area is 134 Å². The molecule has 1 aromatic heterocycles. The average molecular weight is 316 g/mol. The molecule has 116 valence electrons. The molecular weight excluding hydrogens is 296 g/mol. The number of thiocarbonyl (C=S) groups is 1. The van der Waals surface area contributed by atoms with Crippen LogP contribution >= 0.6 is 12.2 Å². The van der Waals surface area contributed by atoms with Crippen molar-refractivity contribution in [2.45, 2.75) is 38.1 Å². The second-order valence-electron chi connectivity index (χ2n) is 5.51. The molecule has 22 heavy (non-hydrogen) atoms. The molecule has 1 heterocycles. The van der Waals surface area contributed by atoms with Crippen molar-refractivity contribution in [1.29, 1.82) is 0 Å². The van der Waals surface area contributed by atoms with Crippen LogP contribution in [0.2, 0.25) is 0 Å². The smallest absolute Gasteiger partial charge is 0.208 e. The van der Waals surface area contributed by atoms with Gasteiger partial charge in [-0.25, -0.2) is 4.98 Å². The fourth-order valence-electron chi connectivity index (χ4n) is 2.72. The largest absolute Gasteiger partial charge is 0.369 e. The van der Waals surface area contributed by atoms with Gasteiger partial charge in [-0.15, -0.1) is 0 Å². The van der Waals surface area contributed by atoms with E-state index in [2.05, 4.69) is 25.6 Å². The summed E-state index contributed by atoms with van der Waals surface area (Å²) in [5.41, 5.74) is 7.71. The Morgan fingerprint density at radius 1 is 1.27 bits per heavy atom. The summed E-state index contributed by atoms with van der Waals surface area (Å²) in [4.78, 5) is 11.7. The molecule has 1 aliphatic carbocycles. The van der Waals surface area contributed by atoms with Gasteiger partial charge in [0.25, 0.3) is 0 Å². The van der Waals surface area contributed by atoms with E-state index in [0.717, 1.165) is 23.9 Å². The number of guanidine groups is 1. The molecule has 2 aromatic rings. The average Bonchev–Trinajstić information content (AvgIpc) is 2.89. The molecule has 1 saturated carbocycles. The molecular formula is C15H20N6S. The lowest BCUT2D eigenvalue weighted by Crippen LogP contribution is -2.36. The summed E-state index contributed by atoms with van der Waals surface area (Å²) in [7, 11) is 0. The van der Waals surface area contributed by atoms with Crippen molar-refractivity contribution in [2.24, 2.45) is 10.7 Å². The quantitative estimate of drug-likeness (QED) is 0.388. The number of fused-ring (bicyclic) bond motifs is 1. The fraction of sp³-hybridized carbons (Fsp3) is 0.400. The van der Waals surface area contributed by atoms with Crippen LogP contribution in [0.3, 0.4) is 0 Å². The van der Waals surface area contributed by atoms with Crippen LogP contribution in [-0.4, -0.2) is 27.1 Å². The number of para-hydroxylation sites is 2. The Balaban J connectivity index is 1.60. The highest BCUT2D eigenvalue weighted by Gasteiger charge is 2.13. The maximum Gasteiger partial charge on any atom is 0.208 e. The van der Waals surface area contributed by atoms with Gasteiger partial charge in [-0.1, -0.05) is 31.4 Å². The molecule has 1 fully saturated rings. The molecule has 0 spiro atoms. The SMILES string of the molecule is N/C(=N/C(=S)NC1CCCCC1)Nc1nc2ccccc2[nH]1. The third kappa shape index (κ3) is 3.73. The normalized spacial score (nSPS) is 16.6. The van der Waals surface area contributed by atoms with Crippen molar-refractivity contribution in [1.82, 2.24) is 15.3 Å². The van der Waals surface area contributed by atoms with Crippen molar-refractivity contribution < 1.29 is 0 Å². The van der Waals surface area contributed by atoms with Crippen molar-refractivity contribution in [3.8, 4) is 0 Å². The van der Waals surface area contributed by atoms with Crippen LogP contribution < -0.4 is 16.4 Å². The van der Waals surface area contributed by atoms with Crippen molar-refractivity contribution in [3.05, 3.63) is 24.3 Å². The van der Waals surface area contributed by atoms with E-state index >= 15 is 0 Å². The molecule has 6 nitrogen and oxygen atoms in total. The van der Waals surface area contributed by atoms with Crippen LogP contribution in [0.15, 0.2) is 29.3 Å². The first-order valence-corrected chi connectivity index (χ1v) is 7.98. The number of benzene rings is 1. The molecule has 1 aliphatic rings. The van der Waals surface area contributed by atoms with E-state index in [-0.39, 0.29) is 5.96 Å². The zero-order valence-corrected chi connectivity index (χ0v) is 13.1. The van der Waals surface area contributed by atoms with E-state index in [1.165, 1.54) is 19.3 Å². The van der Waals surface area contributed by atoms with E-state index in [0.29, 0.717) is 17.1 Å². The van der Waals surface area contributed by atoms with Gasteiger partial charge in [0.2, 0.25) is 11.9 Å². The number of hydrogen-bond acceptors (Lipinski definition) is 2. The second-order valence-corrected chi connectivity index (χ2v) is 5.90. The minimum absolute atomic E-state index is 0.229. The van der Waals surface area contributed by atoms with Crippen LogP contribution in [0.25, 0.3) is 11.0 Å². The minimum atomic E-state index is 0.229. The van der Waals surface area contributed by atoms with Gasteiger partial charge in [-0.2, -0.15) is 4.99 Å². The van der Waals surface area contributed by atoms with Crippen molar-refractivity contribution >= 4 is 40.3 Å². The van der Waals surface area contributed by atoms with E-state index in [4.69, 9.17) is 18.0 Å². The van der Waals surface area contributed by atoms with E-state index in [1.807, 2.05) is 24.3 Å². The summed E-state index contributed by atoms with van der Waals surface area (Å²) in [5, 5.41) is 6.61. The van der Waals surface area contributed by atoms with Gasteiger partial charge in [0.1, 0.15) is 0 Å². The van der Waals surface area contributed by atoms with Crippen molar-refractivity contribution in [2.75, 3.05) is 5.32 Å². The Kier molecular flexibility index (Phi) is 4.53. The molecule has 0 atom stereocenters. The maximum absolute atomic E-state index is 5.88. The van der Waals surface area contributed by atoms with Gasteiger partial charge in [-0.05, 0) is 37.2 Å². The van der Waals surface area contributed by atoms with E-state index < -0.39 is 0 Å². The van der Waals surface area contributed by atoms with Crippen LogP contribution in [0.4, 0.5) is 5.95 Å². The summed E-state index contributed by atoms with van der Waals surface area (Å²) in [6.07, 6.45) is 6.09. The lowest BCUT2D eigenvalue weighted by Gasteiger charge is -2.22. The summed E-state index contributed by atoms with van der Waals surface area (Å²) < 4.78 is 0. The first kappa shape index (κ1) is 14.8. The molecule has 7 heteroatoms. The number of nitrogens with one attached hydrogen (secondary N) is 3. The summed E-state index contributed by atoms with van der Waals surface area (Å²) >= 11 is 5.24. The molecule has 0 saturated heterocycles. The Bertz CT molecular complexity index is 653. The first-order chi connectivity index (χ1) is 10.7. The molecule has 0 amide bonds. The molecule has 0 radical (unpaired) electrons. The minimum Gasteiger partial charge on any atom is -0.369 e. The number of aromatic nitrogens is 2. The van der Waals surface area contributed by atoms with Crippen molar-refractivity contribution in [3.63, 3.8) is 0 Å². The summed E-state index contributed by atoms with van der Waals surface area (Å²) in [6.45, 7) is 0. The molecule has 0 unspecified atom stereocenters. The molecule has 5 N–H and O–H groups in total. The number of H-pyrrole nitrogens is 1. The van der Waals surface area contributed by atoms with E-state index in [9.17, 15) is 0 Å². The number of rotatable bonds is 2. The van der Waals surface area contributed by atoms with Gasteiger partial charge >= 0.3 is 0 Å². The highest BCUT2D eigenvalue weighted by molar-refractivity contribution is 7.80. The molecule has 3 rings (SSSR count). The Hall–Kier alpha value is -2.15. The molecule has 1 aromatic carbocycles. The lowest BCUT2D eigenvalue weighted by atomic mass is 9.96. The third-order valence-electron chi connectivity index (χ3n) is 3.79. The third-order valence-corrected chi connectivity index (χ3v) is 4.00. The molecule has 0 bridgehead atoms. The summed E-state index contributed by atoms with van der Waals surface area (Å²) in [5.74, 6) is 0.787. The van der Waals surface area contributed by atoms with Crippen LogP contribution in [0.1, 0.15) is 32.1 Å². The molecule has 0 aliphatic heterocycles. The number of aromatic amines is 1. The van der Waals surface area contributed by atoms with Gasteiger partial charge in [0.05, 0.1) is 11.0 Å². The number of nitrogens with two attached hydrogens (primary N) is 1. The summed E-state index contributed by atoms with van der Waals surface area (Å²) in [6, 6.07) is 8.19.